The van der Waals surface area contributed by atoms with Crippen molar-refractivity contribution in [2.45, 2.75) is 29.5 Å². The average molecular weight is 283 g/mol. The SMILES string of the molecule is COC(=N)CSC1OC(CO)C(O)(O)C(O)C1O. The monoisotopic (exact) mass is 283 g/mol. The van der Waals surface area contributed by atoms with Crippen LogP contribution < -0.4 is 0 Å². The van der Waals surface area contributed by atoms with Gasteiger partial charge in [-0.15, -0.1) is 11.8 Å². The molecule has 1 aliphatic heterocycles. The van der Waals surface area contributed by atoms with Crippen LogP contribution >= 0.6 is 11.8 Å². The maximum atomic E-state index is 9.66. The molecule has 0 spiro atoms. The summed E-state index contributed by atoms with van der Waals surface area (Å²) in [5.41, 5.74) is -1.000. The van der Waals surface area contributed by atoms with E-state index in [1.807, 2.05) is 0 Å². The fraction of sp³-hybridized carbons (Fsp3) is 0.889. The molecule has 4 atom stereocenters. The molecular formula is C9H17NO7S. The fourth-order valence-corrected chi connectivity index (χ4v) is 2.46. The summed E-state index contributed by atoms with van der Waals surface area (Å²) in [5.74, 6) is -2.71. The molecule has 0 aromatic heterocycles. The second-order valence-corrected chi connectivity index (χ2v) is 4.92. The molecule has 0 radical (unpaired) electrons. The van der Waals surface area contributed by atoms with Crippen LogP contribution in [0, 0.1) is 5.41 Å². The molecule has 1 saturated heterocycles. The first-order chi connectivity index (χ1) is 8.34. The van der Waals surface area contributed by atoms with Crippen molar-refractivity contribution in [3.63, 3.8) is 0 Å². The minimum atomic E-state index is -2.72. The van der Waals surface area contributed by atoms with Gasteiger partial charge < -0.3 is 35.0 Å². The van der Waals surface area contributed by atoms with Crippen molar-refractivity contribution >= 4 is 17.7 Å². The maximum absolute atomic E-state index is 9.66. The van der Waals surface area contributed by atoms with Crippen LogP contribution in [0.4, 0.5) is 0 Å². The Balaban J connectivity index is 2.68. The summed E-state index contributed by atoms with van der Waals surface area (Å²) in [6.07, 6.45) is -4.87. The zero-order valence-corrected chi connectivity index (χ0v) is 10.5. The van der Waals surface area contributed by atoms with Crippen LogP contribution in [0.5, 0.6) is 0 Å². The van der Waals surface area contributed by atoms with E-state index in [2.05, 4.69) is 4.74 Å². The quantitative estimate of drug-likeness (QED) is 0.188. The molecule has 18 heavy (non-hydrogen) atoms. The molecule has 0 amide bonds. The summed E-state index contributed by atoms with van der Waals surface area (Å²) in [6.45, 7) is -0.727. The number of hydrogen-bond acceptors (Lipinski definition) is 9. The van der Waals surface area contributed by atoms with Crippen LogP contribution in [0.15, 0.2) is 0 Å². The van der Waals surface area contributed by atoms with Crippen LogP contribution in [0.25, 0.3) is 0 Å². The van der Waals surface area contributed by atoms with E-state index < -0.39 is 36.1 Å². The third-order valence-corrected chi connectivity index (χ3v) is 3.75. The van der Waals surface area contributed by atoms with Gasteiger partial charge in [0.2, 0.25) is 5.79 Å². The summed E-state index contributed by atoms with van der Waals surface area (Å²) >= 11 is 0.947. The molecule has 0 aromatic rings. The van der Waals surface area contributed by atoms with Crippen molar-refractivity contribution in [2.24, 2.45) is 0 Å². The van der Waals surface area contributed by atoms with Crippen LogP contribution in [-0.4, -0.2) is 80.4 Å². The van der Waals surface area contributed by atoms with Crippen molar-refractivity contribution in [3.8, 4) is 0 Å². The van der Waals surface area contributed by atoms with Gasteiger partial charge in [0.25, 0.3) is 0 Å². The molecule has 9 heteroatoms. The minimum Gasteiger partial charge on any atom is -0.484 e. The van der Waals surface area contributed by atoms with E-state index in [-0.39, 0.29) is 11.7 Å². The highest BCUT2D eigenvalue weighted by Crippen LogP contribution is 2.32. The van der Waals surface area contributed by atoms with Crippen LogP contribution in [-0.2, 0) is 9.47 Å². The largest absolute Gasteiger partial charge is 0.484 e. The van der Waals surface area contributed by atoms with Crippen molar-refractivity contribution < 1.29 is 35.0 Å². The Kier molecular flexibility index (Phi) is 5.34. The average Bonchev–Trinajstić information content (AvgIpc) is 2.35. The van der Waals surface area contributed by atoms with E-state index in [9.17, 15) is 20.4 Å². The molecule has 1 heterocycles. The van der Waals surface area contributed by atoms with Gasteiger partial charge >= 0.3 is 0 Å². The van der Waals surface area contributed by atoms with Gasteiger partial charge in [-0.25, -0.2) is 0 Å². The number of aliphatic hydroxyl groups excluding tert-OH is 3. The lowest BCUT2D eigenvalue weighted by atomic mass is 9.96. The molecule has 4 unspecified atom stereocenters. The maximum Gasteiger partial charge on any atom is 0.221 e. The number of rotatable bonds is 4. The van der Waals surface area contributed by atoms with Gasteiger partial charge in [-0.1, -0.05) is 0 Å². The molecule has 0 bridgehead atoms. The first-order valence-corrected chi connectivity index (χ1v) is 6.19. The number of ether oxygens (including phenoxy) is 2. The molecule has 0 saturated carbocycles. The van der Waals surface area contributed by atoms with Gasteiger partial charge in [0.15, 0.2) is 5.90 Å². The summed E-state index contributed by atoms with van der Waals surface area (Å²) in [5, 5.41) is 54.4. The topological polar surface area (TPSA) is 143 Å². The highest BCUT2D eigenvalue weighted by atomic mass is 32.2. The summed E-state index contributed by atoms with van der Waals surface area (Å²) in [6, 6.07) is 0. The Hall–Kier alpha value is -0.420. The highest BCUT2D eigenvalue weighted by molar-refractivity contribution is 8.00. The fourth-order valence-electron chi connectivity index (χ4n) is 1.47. The second kappa shape index (κ2) is 6.15. The van der Waals surface area contributed by atoms with Gasteiger partial charge in [-0.2, -0.15) is 0 Å². The van der Waals surface area contributed by atoms with Crippen LogP contribution in [0.2, 0.25) is 0 Å². The van der Waals surface area contributed by atoms with Crippen LogP contribution in [0.1, 0.15) is 0 Å². The Morgan fingerprint density at radius 2 is 2.06 bits per heavy atom. The lowest BCUT2D eigenvalue weighted by Crippen LogP contribution is -2.66. The zero-order valence-electron chi connectivity index (χ0n) is 9.68. The Labute approximate surface area is 108 Å². The Morgan fingerprint density at radius 1 is 1.44 bits per heavy atom. The summed E-state index contributed by atoms with van der Waals surface area (Å²) in [4.78, 5) is 0. The smallest absolute Gasteiger partial charge is 0.221 e. The van der Waals surface area contributed by atoms with Crippen molar-refractivity contribution in [1.29, 1.82) is 5.41 Å². The van der Waals surface area contributed by atoms with Crippen LogP contribution in [0.3, 0.4) is 0 Å². The molecule has 106 valence electrons. The van der Waals surface area contributed by atoms with E-state index >= 15 is 0 Å². The lowest BCUT2D eigenvalue weighted by molar-refractivity contribution is -0.341. The number of thioether (sulfide) groups is 1. The van der Waals surface area contributed by atoms with Gasteiger partial charge in [0, 0.05) is 0 Å². The normalized spacial score (nSPS) is 35.2. The van der Waals surface area contributed by atoms with E-state index in [4.69, 9.17) is 15.3 Å². The molecule has 1 rings (SSSR count). The van der Waals surface area contributed by atoms with E-state index in [0.29, 0.717) is 0 Å². The first kappa shape index (κ1) is 15.6. The van der Waals surface area contributed by atoms with E-state index in [1.165, 1.54) is 7.11 Å². The van der Waals surface area contributed by atoms with Gasteiger partial charge in [-0.05, 0) is 0 Å². The molecular weight excluding hydrogens is 266 g/mol. The van der Waals surface area contributed by atoms with Crippen molar-refractivity contribution in [2.75, 3.05) is 19.5 Å². The van der Waals surface area contributed by atoms with Crippen molar-refractivity contribution in [3.05, 3.63) is 0 Å². The predicted molar refractivity (Wildman–Crippen MR) is 62.1 cm³/mol. The Bertz CT molecular complexity index is 297. The van der Waals surface area contributed by atoms with Gasteiger partial charge in [0.1, 0.15) is 23.7 Å². The first-order valence-electron chi connectivity index (χ1n) is 5.14. The third kappa shape index (κ3) is 3.12. The molecule has 8 nitrogen and oxygen atoms in total. The summed E-state index contributed by atoms with van der Waals surface area (Å²) < 4.78 is 9.69. The minimum absolute atomic E-state index is 0.0596. The molecule has 6 N–H and O–H groups in total. The third-order valence-electron chi connectivity index (χ3n) is 2.60. The summed E-state index contributed by atoms with van der Waals surface area (Å²) in [7, 11) is 1.32. The number of hydrogen-bond donors (Lipinski definition) is 6. The number of aliphatic hydroxyl groups is 5. The van der Waals surface area contributed by atoms with E-state index in [1.54, 1.807) is 0 Å². The Morgan fingerprint density at radius 3 is 2.56 bits per heavy atom. The van der Waals surface area contributed by atoms with Gasteiger partial charge in [-0.3, -0.25) is 5.41 Å². The molecule has 1 aliphatic rings. The second-order valence-electron chi connectivity index (χ2n) is 3.83. The molecule has 1 fully saturated rings. The van der Waals surface area contributed by atoms with Crippen molar-refractivity contribution in [1.82, 2.24) is 0 Å². The molecule has 0 aromatic carbocycles. The van der Waals surface area contributed by atoms with Gasteiger partial charge in [0.05, 0.1) is 19.5 Å². The lowest BCUT2D eigenvalue weighted by Gasteiger charge is -2.44. The molecule has 0 aliphatic carbocycles. The number of nitrogens with one attached hydrogen (secondary N) is 1. The van der Waals surface area contributed by atoms with E-state index in [0.717, 1.165) is 11.8 Å². The zero-order chi connectivity index (χ0) is 13.9. The standard InChI is InChI=1S/C9H17NO7S/c1-16-5(10)3-18-8-6(12)7(13)9(14,15)4(2-11)17-8/h4,6-8,10-15H,2-3H2,1H3. The number of methoxy groups -OCH3 is 1. The predicted octanol–water partition coefficient (Wildman–Crippen LogP) is -2.54. The highest BCUT2D eigenvalue weighted by Gasteiger charge is 2.53.